The van der Waals surface area contributed by atoms with Gasteiger partial charge in [-0.25, -0.2) is 4.79 Å². The van der Waals surface area contributed by atoms with Gasteiger partial charge in [0.25, 0.3) is 0 Å². The minimum atomic E-state index is -0.337. The monoisotopic (exact) mass is 337 g/mol. The van der Waals surface area contributed by atoms with Gasteiger partial charge in [-0.1, -0.05) is 18.2 Å². The van der Waals surface area contributed by atoms with Gasteiger partial charge in [-0.2, -0.15) is 0 Å². The molecule has 0 aliphatic rings. The molecular weight excluding hydrogens is 314 g/mol. The Morgan fingerprint density at radius 3 is 2.74 bits per heavy atom. The van der Waals surface area contributed by atoms with Gasteiger partial charge in [0.05, 0.1) is 17.8 Å². The van der Waals surface area contributed by atoms with Gasteiger partial charge in [0, 0.05) is 18.1 Å². The molecule has 1 N–H and O–H groups in total. The number of hydrogen-bond donors (Lipinski definition) is 1. The first kappa shape index (κ1) is 19.2. The van der Waals surface area contributed by atoms with Crippen LogP contribution in [0.1, 0.15) is 23.7 Å². The molecule has 0 aliphatic carbocycles. The van der Waals surface area contributed by atoms with Crippen LogP contribution in [0.3, 0.4) is 0 Å². The summed E-state index contributed by atoms with van der Waals surface area (Å²) >= 11 is 0. The van der Waals surface area contributed by atoms with Crippen molar-refractivity contribution in [2.45, 2.75) is 13.3 Å². The van der Waals surface area contributed by atoms with Gasteiger partial charge >= 0.3 is 5.97 Å². The number of ether oxygens (including phenoxy) is 1. The highest BCUT2D eigenvalue weighted by Crippen LogP contribution is 2.26. The van der Waals surface area contributed by atoms with Crippen molar-refractivity contribution in [2.75, 3.05) is 39.1 Å². The SMILES string of the molecule is CCOC(=O)c1cnc2ccccc2c1NCCCN(C)C.Cl. The lowest BCUT2D eigenvalue weighted by atomic mass is 10.1. The molecule has 1 heterocycles. The normalized spacial score (nSPS) is 10.4. The van der Waals surface area contributed by atoms with Crippen molar-refractivity contribution >= 4 is 35.0 Å². The first-order valence-corrected chi connectivity index (χ1v) is 7.57. The van der Waals surface area contributed by atoms with Crippen molar-refractivity contribution in [3.63, 3.8) is 0 Å². The summed E-state index contributed by atoms with van der Waals surface area (Å²) in [6.07, 6.45) is 2.58. The fourth-order valence-electron chi connectivity index (χ4n) is 2.30. The van der Waals surface area contributed by atoms with E-state index in [9.17, 15) is 4.79 Å². The van der Waals surface area contributed by atoms with E-state index in [1.54, 1.807) is 13.1 Å². The van der Waals surface area contributed by atoms with Crippen molar-refractivity contribution in [3.8, 4) is 0 Å². The van der Waals surface area contributed by atoms with Crippen molar-refractivity contribution in [1.82, 2.24) is 9.88 Å². The predicted molar refractivity (Wildman–Crippen MR) is 96.6 cm³/mol. The van der Waals surface area contributed by atoms with Crippen LogP contribution < -0.4 is 5.32 Å². The number of anilines is 1. The molecule has 0 unspecified atom stereocenters. The molecule has 0 bridgehead atoms. The van der Waals surface area contributed by atoms with Gasteiger partial charge in [-0.05, 0) is 40.1 Å². The van der Waals surface area contributed by atoms with Crippen LogP contribution in [0.5, 0.6) is 0 Å². The summed E-state index contributed by atoms with van der Waals surface area (Å²) in [6, 6.07) is 7.80. The number of rotatable bonds is 7. The zero-order valence-electron chi connectivity index (χ0n) is 13.8. The number of benzene rings is 1. The van der Waals surface area contributed by atoms with Crippen LogP contribution in [0.15, 0.2) is 30.5 Å². The van der Waals surface area contributed by atoms with Crippen LogP contribution in [0.2, 0.25) is 0 Å². The largest absolute Gasteiger partial charge is 0.462 e. The predicted octanol–water partition coefficient (Wildman–Crippen LogP) is 3.20. The Morgan fingerprint density at radius 2 is 2.04 bits per heavy atom. The minimum absolute atomic E-state index is 0. The second-order valence-electron chi connectivity index (χ2n) is 5.37. The van der Waals surface area contributed by atoms with E-state index in [0.29, 0.717) is 12.2 Å². The molecule has 0 spiro atoms. The van der Waals surface area contributed by atoms with Crippen molar-refractivity contribution in [3.05, 3.63) is 36.0 Å². The van der Waals surface area contributed by atoms with Crippen molar-refractivity contribution in [2.24, 2.45) is 0 Å². The molecule has 23 heavy (non-hydrogen) atoms. The summed E-state index contributed by atoms with van der Waals surface area (Å²) in [5.74, 6) is -0.337. The van der Waals surface area contributed by atoms with Crippen LogP contribution in [0, 0.1) is 0 Å². The second-order valence-corrected chi connectivity index (χ2v) is 5.37. The average molecular weight is 338 g/mol. The van der Waals surface area contributed by atoms with E-state index in [2.05, 4.69) is 15.2 Å². The number of nitrogens with one attached hydrogen (secondary N) is 1. The number of nitrogens with zero attached hydrogens (tertiary/aromatic N) is 2. The Bertz CT molecular complexity index is 647. The van der Waals surface area contributed by atoms with E-state index >= 15 is 0 Å². The topological polar surface area (TPSA) is 54.5 Å². The molecule has 1 aromatic heterocycles. The number of pyridine rings is 1. The maximum absolute atomic E-state index is 12.1. The number of carbonyl (C=O) groups excluding carboxylic acids is 1. The van der Waals surface area contributed by atoms with Crippen LogP contribution >= 0.6 is 12.4 Å². The molecule has 0 aliphatic heterocycles. The molecule has 0 atom stereocenters. The number of aromatic nitrogens is 1. The van der Waals surface area contributed by atoms with Crippen LogP contribution in [0.25, 0.3) is 10.9 Å². The lowest BCUT2D eigenvalue weighted by molar-refractivity contribution is 0.0527. The quantitative estimate of drug-likeness (QED) is 0.621. The zero-order valence-corrected chi connectivity index (χ0v) is 14.7. The Balaban J connectivity index is 0.00000264. The fourth-order valence-corrected chi connectivity index (χ4v) is 2.30. The van der Waals surface area contributed by atoms with Gasteiger partial charge in [0.1, 0.15) is 5.56 Å². The first-order chi connectivity index (χ1) is 10.6. The Hall–Kier alpha value is -1.85. The van der Waals surface area contributed by atoms with Gasteiger partial charge in [0.2, 0.25) is 0 Å². The third kappa shape index (κ3) is 5.08. The highest BCUT2D eigenvalue weighted by atomic mass is 35.5. The number of esters is 1. The molecule has 2 aromatic rings. The van der Waals surface area contributed by atoms with Crippen molar-refractivity contribution in [1.29, 1.82) is 0 Å². The smallest absolute Gasteiger partial charge is 0.341 e. The Labute approximate surface area is 143 Å². The maximum Gasteiger partial charge on any atom is 0.341 e. The lowest BCUT2D eigenvalue weighted by Crippen LogP contribution is -2.17. The molecule has 5 nitrogen and oxygen atoms in total. The molecule has 126 valence electrons. The number of halogens is 1. The summed E-state index contributed by atoms with van der Waals surface area (Å²) in [5.41, 5.74) is 2.17. The second kappa shape index (κ2) is 9.33. The van der Waals surface area contributed by atoms with Crippen LogP contribution in [0.4, 0.5) is 5.69 Å². The summed E-state index contributed by atoms with van der Waals surface area (Å²) < 4.78 is 5.13. The molecule has 0 saturated carbocycles. The number of carbonyl (C=O) groups is 1. The van der Waals surface area contributed by atoms with Crippen LogP contribution in [-0.2, 0) is 4.74 Å². The third-order valence-electron chi connectivity index (χ3n) is 3.35. The Kier molecular flexibility index (Phi) is 7.78. The molecule has 1 aromatic carbocycles. The number of fused-ring (bicyclic) bond motifs is 1. The first-order valence-electron chi connectivity index (χ1n) is 7.57. The highest BCUT2D eigenvalue weighted by Gasteiger charge is 2.16. The van der Waals surface area contributed by atoms with Gasteiger partial charge in [-0.15, -0.1) is 12.4 Å². The third-order valence-corrected chi connectivity index (χ3v) is 3.35. The van der Waals surface area contributed by atoms with E-state index < -0.39 is 0 Å². The molecule has 6 heteroatoms. The van der Waals surface area contributed by atoms with E-state index in [1.165, 1.54) is 0 Å². The summed E-state index contributed by atoms with van der Waals surface area (Å²) in [6.45, 7) is 3.94. The number of hydrogen-bond acceptors (Lipinski definition) is 5. The number of para-hydroxylation sites is 1. The molecule has 2 rings (SSSR count). The molecular formula is C17H24ClN3O2. The summed E-state index contributed by atoms with van der Waals surface area (Å²) in [7, 11) is 4.09. The maximum atomic E-state index is 12.1. The van der Waals surface area contributed by atoms with E-state index in [-0.39, 0.29) is 18.4 Å². The van der Waals surface area contributed by atoms with Gasteiger partial charge in [0.15, 0.2) is 0 Å². The highest BCUT2D eigenvalue weighted by molar-refractivity contribution is 6.04. The molecule has 0 radical (unpaired) electrons. The van der Waals surface area contributed by atoms with Crippen LogP contribution in [-0.4, -0.2) is 49.6 Å². The molecule has 0 fully saturated rings. The van der Waals surface area contributed by atoms with Gasteiger partial charge in [-0.3, -0.25) is 4.98 Å². The summed E-state index contributed by atoms with van der Waals surface area (Å²) in [5, 5.41) is 4.33. The minimum Gasteiger partial charge on any atom is -0.462 e. The van der Waals surface area contributed by atoms with E-state index in [1.807, 2.05) is 38.4 Å². The molecule has 0 saturated heterocycles. The van der Waals surface area contributed by atoms with Gasteiger partial charge < -0.3 is 15.0 Å². The fraction of sp³-hybridized carbons (Fsp3) is 0.412. The summed E-state index contributed by atoms with van der Waals surface area (Å²) in [4.78, 5) is 18.6. The Morgan fingerprint density at radius 1 is 1.30 bits per heavy atom. The van der Waals surface area contributed by atoms with E-state index in [0.717, 1.165) is 36.1 Å². The zero-order chi connectivity index (χ0) is 15.9. The lowest BCUT2D eigenvalue weighted by Gasteiger charge is -2.15. The van der Waals surface area contributed by atoms with Crippen molar-refractivity contribution < 1.29 is 9.53 Å². The standard InChI is InChI=1S/C17H23N3O2.ClH/c1-4-22-17(21)14-12-19-15-9-6-5-8-13(15)16(14)18-10-7-11-20(2)3;/h5-6,8-9,12H,4,7,10-11H2,1-3H3,(H,18,19);1H. The average Bonchev–Trinajstić information content (AvgIpc) is 2.51. The van der Waals surface area contributed by atoms with E-state index in [4.69, 9.17) is 4.74 Å². The molecule has 0 amide bonds.